The first-order valence-electron chi connectivity index (χ1n) is 3.32. The SMILES string of the molecule is N[C@@H](C(=O)O)c1ccc(Br)nc1Cl. The van der Waals surface area contributed by atoms with Gasteiger partial charge in [-0.1, -0.05) is 17.7 Å². The van der Waals surface area contributed by atoms with Crippen molar-refractivity contribution in [3.8, 4) is 0 Å². The lowest BCUT2D eigenvalue weighted by Gasteiger charge is -2.07. The van der Waals surface area contributed by atoms with Gasteiger partial charge in [0.1, 0.15) is 15.8 Å². The van der Waals surface area contributed by atoms with Gasteiger partial charge >= 0.3 is 5.97 Å². The van der Waals surface area contributed by atoms with Crippen molar-refractivity contribution >= 4 is 33.5 Å². The molecule has 3 N–H and O–H groups in total. The molecule has 0 aliphatic carbocycles. The average molecular weight is 265 g/mol. The molecule has 0 saturated heterocycles. The number of hydrogen-bond acceptors (Lipinski definition) is 3. The molecule has 0 aromatic carbocycles. The van der Waals surface area contributed by atoms with Crippen LogP contribution in [0.2, 0.25) is 5.15 Å². The van der Waals surface area contributed by atoms with Crippen molar-refractivity contribution in [3.63, 3.8) is 0 Å². The fraction of sp³-hybridized carbons (Fsp3) is 0.143. The summed E-state index contributed by atoms with van der Waals surface area (Å²) in [6, 6.07) is 1.98. The summed E-state index contributed by atoms with van der Waals surface area (Å²) in [7, 11) is 0. The molecule has 0 amide bonds. The Morgan fingerprint density at radius 1 is 1.69 bits per heavy atom. The molecule has 0 spiro atoms. The van der Waals surface area contributed by atoms with Gasteiger partial charge in [0.2, 0.25) is 0 Å². The molecule has 6 heteroatoms. The highest BCUT2D eigenvalue weighted by Crippen LogP contribution is 2.21. The zero-order valence-electron chi connectivity index (χ0n) is 6.37. The zero-order chi connectivity index (χ0) is 10.0. The summed E-state index contributed by atoms with van der Waals surface area (Å²) in [6.07, 6.45) is 0. The lowest BCUT2D eigenvalue weighted by molar-refractivity contribution is -0.138. The molecule has 0 fully saturated rings. The highest BCUT2D eigenvalue weighted by atomic mass is 79.9. The Morgan fingerprint density at radius 2 is 2.31 bits per heavy atom. The number of rotatable bonds is 2. The fourth-order valence-electron chi connectivity index (χ4n) is 0.788. The Bertz CT molecular complexity index is 345. The number of nitrogens with zero attached hydrogens (tertiary/aromatic N) is 1. The van der Waals surface area contributed by atoms with Crippen molar-refractivity contribution in [2.24, 2.45) is 5.73 Å². The van der Waals surface area contributed by atoms with Gasteiger partial charge < -0.3 is 10.8 Å². The van der Waals surface area contributed by atoms with E-state index in [9.17, 15) is 4.79 Å². The van der Waals surface area contributed by atoms with Gasteiger partial charge in [0.25, 0.3) is 0 Å². The van der Waals surface area contributed by atoms with Crippen LogP contribution in [0, 0.1) is 0 Å². The van der Waals surface area contributed by atoms with Crippen molar-refractivity contribution in [2.75, 3.05) is 0 Å². The predicted octanol–water partition coefficient (Wildman–Crippen LogP) is 1.58. The second-order valence-electron chi connectivity index (χ2n) is 2.33. The topological polar surface area (TPSA) is 76.2 Å². The molecule has 70 valence electrons. The lowest BCUT2D eigenvalue weighted by atomic mass is 10.1. The molecule has 13 heavy (non-hydrogen) atoms. The van der Waals surface area contributed by atoms with Gasteiger partial charge in [-0.05, 0) is 22.0 Å². The summed E-state index contributed by atoms with van der Waals surface area (Å²) >= 11 is 8.78. The summed E-state index contributed by atoms with van der Waals surface area (Å²) in [5.41, 5.74) is 5.65. The Kier molecular flexibility index (Phi) is 3.24. The number of pyridine rings is 1. The minimum Gasteiger partial charge on any atom is -0.480 e. The second kappa shape index (κ2) is 4.04. The zero-order valence-corrected chi connectivity index (χ0v) is 8.71. The molecule has 4 nitrogen and oxygen atoms in total. The van der Waals surface area contributed by atoms with Crippen molar-refractivity contribution in [2.45, 2.75) is 6.04 Å². The molecule has 0 saturated carbocycles. The monoisotopic (exact) mass is 264 g/mol. The highest BCUT2D eigenvalue weighted by Gasteiger charge is 2.17. The first kappa shape index (κ1) is 10.4. The minimum atomic E-state index is -1.13. The second-order valence-corrected chi connectivity index (χ2v) is 3.50. The summed E-state index contributed by atoms with van der Waals surface area (Å²) in [5, 5.41) is 8.71. The Balaban J connectivity index is 3.08. The average Bonchev–Trinajstić information content (AvgIpc) is 2.03. The normalized spacial score (nSPS) is 12.5. The molecule has 0 unspecified atom stereocenters. The molecule has 1 atom stereocenters. The maximum Gasteiger partial charge on any atom is 0.325 e. The van der Waals surface area contributed by atoms with E-state index in [1.807, 2.05) is 0 Å². The maximum atomic E-state index is 10.5. The van der Waals surface area contributed by atoms with Crippen LogP contribution in [0.15, 0.2) is 16.7 Å². The van der Waals surface area contributed by atoms with Crippen LogP contribution >= 0.6 is 27.5 Å². The molecule has 0 bridgehead atoms. The Morgan fingerprint density at radius 3 is 2.77 bits per heavy atom. The van der Waals surface area contributed by atoms with Gasteiger partial charge in [-0.25, -0.2) is 4.98 Å². The standard InChI is InChI=1S/C7H6BrClN2O2/c8-4-2-1-3(6(9)11-4)5(10)7(12)13/h1-2,5H,10H2,(H,12,13)/t5-/m1/s1. The minimum absolute atomic E-state index is 0.101. The van der Waals surface area contributed by atoms with Crippen LogP contribution < -0.4 is 5.73 Å². The number of carboxylic acid groups (broad SMARTS) is 1. The van der Waals surface area contributed by atoms with Crippen LogP contribution in [-0.4, -0.2) is 16.1 Å². The van der Waals surface area contributed by atoms with E-state index < -0.39 is 12.0 Å². The third-order valence-corrected chi connectivity index (χ3v) is 2.19. The van der Waals surface area contributed by atoms with E-state index in [2.05, 4.69) is 20.9 Å². The van der Waals surface area contributed by atoms with Crippen molar-refractivity contribution in [1.82, 2.24) is 4.98 Å². The number of aliphatic carboxylic acids is 1. The number of aromatic nitrogens is 1. The third kappa shape index (κ3) is 2.40. The largest absolute Gasteiger partial charge is 0.480 e. The van der Waals surface area contributed by atoms with Gasteiger partial charge in [0.15, 0.2) is 0 Å². The third-order valence-electron chi connectivity index (χ3n) is 1.44. The van der Waals surface area contributed by atoms with E-state index in [-0.39, 0.29) is 5.15 Å². The number of halogens is 2. The van der Waals surface area contributed by atoms with Crippen LogP contribution in [0.25, 0.3) is 0 Å². The fourth-order valence-corrected chi connectivity index (χ4v) is 1.47. The first-order valence-corrected chi connectivity index (χ1v) is 4.50. The quantitative estimate of drug-likeness (QED) is 0.796. The maximum absolute atomic E-state index is 10.5. The number of carboxylic acids is 1. The van der Waals surface area contributed by atoms with Crippen molar-refractivity contribution in [3.05, 3.63) is 27.5 Å². The summed E-state index contributed by atoms with van der Waals surface area (Å²) < 4.78 is 0.541. The van der Waals surface area contributed by atoms with E-state index in [0.29, 0.717) is 10.2 Å². The van der Waals surface area contributed by atoms with E-state index in [4.69, 9.17) is 22.4 Å². The summed E-state index contributed by atoms with van der Waals surface area (Å²) in [4.78, 5) is 14.3. The van der Waals surface area contributed by atoms with Gasteiger partial charge in [-0.3, -0.25) is 4.79 Å². The van der Waals surface area contributed by atoms with E-state index >= 15 is 0 Å². The molecule has 1 heterocycles. The smallest absolute Gasteiger partial charge is 0.325 e. The Labute approximate surface area is 87.8 Å². The molecule has 1 aromatic rings. The van der Waals surface area contributed by atoms with E-state index in [1.54, 1.807) is 6.07 Å². The molecular formula is C7H6BrClN2O2. The van der Waals surface area contributed by atoms with Gasteiger partial charge in [-0.15, -0.1) is 0 Å². The van der Waals surface area contributed by atoms with Crippen LogP contribution in [-0.2, 0) is 4.79 Å². The van der Waals surface area contributed by atoms with Crippen LogP contribution in [0.3, 0.4) is 0 Å². The predicted molar refractivity (Wildman–Crippen MR) is 51.5 cm³/mol. The summed E-state index contributed by atoms with van der Waals surface area (Å²) in [6.45, 7) is 0. The van der Waals surface area contributed by atoms with Gasteiger partial charge in [0, 0.05) is 5.56 Å². The number of carbonyl (C=O) groups is 1. The lowest BCUT2D eigenvalue weighted by Crippen LogP contribution is -2.21. The Hall–Kier alpha value is -0.650. The van der Waals surface area contributed by atoms with Gasteiger partial charge in [-0.2, -0.15) is 0 Å². The molecule has 0 aliphatic rings. The number of hydrogen-bond donors (Lipinski definition) is 2. The molecule has 1 aromatic heterocycles. The molecule has 1 rings (SSSR count). The molecule has 0 radical (unpaired) electrons. The van der Waals surface area contributed by atoms with Crippen LogP contribution in [0.1, 0.15) is 11.6 Å². The van der Waals surface area contributed by atoms with Crippen LogP contribution in [0.4, 0.5) is 0 Å². The van der Waals surface area contributed by atoms with Gasteiger partial charge in [0.05, 0.1) is 0 Å². The first-order chi connectivity index (χ1) is 6.02. The van der Waals surface area contributed by atoms with E-state index in [1.165, 1.54) is 6.07 Å². The van der Waals surface area contributed by atoms with Crippen molar-refractivity contribution < 1.29 is 9.90 Å². The van der Waals surface area contributed by atoms with Crippen molar-refractivity contribution in [1.29, 1.82) is 0 Å². The molecule has 0 aliphatic heterocycles. The van der Waals surface area contributed by atoms with Crippen LogP contribution in [0.5, 0.6) is 0 Å². The summed E-state index contributed by atoms with van der Waals surface area (Å²) in [5.74, 6) is -1.13. The van der Waals surface area contributed by atoms with E-state index in [0.717, 1.165) is 0 Å². The molecular weight excluding hydrogens is 259 g/mol. The highest BCUT2D eigenvalue weighted by molar-refractivity contribution is 9.10. The number of nitrogens with two attached hydrogens (primary N) is 1.